The van der Waals surface area contributed by atoms with Crippen LogP contribution in [-0.2, 0) is 11.3 Å². The van der Waals surface area contributed by atoms with Gasteiger partial charge < -0.3 is 14.7 Å². The quantitative estimate of drug-likeness (QED) is 0.900. The molecule has 1 amide bonds. The van der Waals surface area contributed by atoms with Gasteiger partial charge in [0.05, 0.1) is 17.9 Å². The number of fused-ring (bicyclic) bond motifs is 1. The average molecular weight is 261 g/mol. The molecular formula is C13H12FN3O2. The number of anilines is 2. The lowest BCUT2D eigenvalue weighted by atomic mass is 10.2. The van der Waals surface area contributed by atoms with Crippen molar-refractivity contribution in [1.82, 2.24) is 5.16 Å². The van der Waals surface area contributed by atoms with Crippen molar-refractivity contribution in [3.05, 3.63) is 42.0 Å². The van der Waals surface area contributed by atoms with Crippen molar-refractivity contribution in [2.24, 2.45) is 0 Å². The fraction of sp³-hybridized carbons (Fsp3) is 0.231. The van der Waals surface area contributed by atoms with Crippen LogP contribution in [-0.4, -0.2) is 17.6 Å². The third kappa shape index (κ3) is 2.42. The van der Waals surface area contributed by atoms with Crippen molar-refractivity contribution < 1.29 is 13.7 Å². The highest BCUT2D eigenvalue weighted by atomic mass is 19.1. The summed E-state index contributed by atoms with van der Waals surface area (Å²) in [7, 11) is 0. The van der Waals surface area contributed by atoms with Crippen LogP contribution in [0.3, 0.4) is 0 Å². The Morgan fingerprint density at radius 2 is 2.32 bits per heavy atom. The van der Waals surface area contributed by atoms with E-state index in [1.54, 1.807) is 12.1 Å². The molecule has 5 nitrogen and oxygen atoms in total. The van der Waals surface area contributed by atoms with Crippen LogP contribution in [0.2, 0.25) is 0 Å². The van der Waals surface area contributed by atoms with Crippen LogP contribution in [0.25, 0.3) is 0 Å². The minimum absolute atomic E-state index is 0.116. The van der Waals surface area contributed by atoms with E-state index in [2.05, 4.69) is 10.5 Å². The summed E-state index contributed by atoms with van der Waals surface area (Å²) in [5.74, 6) is -0.489. The first-order valence-electron chi connectivity index (χ1n) is 5.96. The van der Waals surface area contributed by atoms with Crippen LogP contribution in [0.1, 0.15) is 12.1 Å². The fourth-order valence-electron chi connectivity index (χ4n) is 2.13. The summed E-state index contributed by atoms with van der Waals surface area (Å²) in [6, 6.07) is 6.14. The highest BCUT2D eigenvalue weighted by molar-refractivity contribution is 5.96. The van der Waals surface area contributed by atoms with E-state index in [-0.39, 0.29) is 11.7 Å². The number of halogens is 1. The van der Waals surface area contributed by atoms with Gasteiger partial charge in [-0.2, -0.15) is 0 Å². The molecule has 1 N–H and O–H groups in total. The first-order valence-corrected chi connectivity index (χ1v) is 5.96. The van der Waals surface area contributed by atoms with E-state index < -0.39 is 0 Å². The number of amides is 1. The molecule has 98 valence electrons. The van der Waals surface area contributed by atoms with Gasteiger partial charge in [0.25, 0.3) is 0 Å². The van der Waals surface area contributed by atoms with Crippen LogP contribution in [0.5, 0.6) is 0 Å². The monoisotopic (exact) mass is 261 g/mol. The summed E-state index contributed by atoms with van der Waals surface area (Å²) >= 11 is 0. The summed E-state index contributed by atoms with van der Waals surface area (Å²) in [5.41, 5.74) is 2.05. The smallest absolute Gasteiger partial charge is 0.226 e. The Kier molecular flexibility index (Phi) is 2.91. The molecule has 2 aromatic rings. The number of hydrogen-bond acceptors (Lipinski definition) is 4. The molecule has 0 bridgehead atoms. The van der Waals surface area contributed by atoms with Crippen LogP contribution < -0.4 is 10.2 Å². The molecule has 0 unspecified atom stereocenters. The number of carbonyl (C=O) groups excluding carboxylic acids is 1. The topological polar surface area (TPSA) is 58.4 Å². The molecule has 0 atom stereocenters. The standard InChI is InChI=1S/C13H12FN3O2/c14-9-1-2-12-11(7-9)15-13(18)3-5-17(12)8-10-4-6-19-16-10/h1-2,4,6-7H,3,5,8H2,(H,15,18). The zero-order valence-corrected chi connectivity index (χ0v) is 10.1. The molecular weight excluding hydrogens is 249 g/mol. The highest BCUT2D eigenvalue weighted by Gasteiger charge is 2.20. The predicted octanol–water partition coefficient (Wildman–Crippen LogP) is 2.16. The van der Waals surface area contributed by atoms with Gasteiger partial charge in [-0.15, -0.1) is 0 Å². The highest BCUT2D eigenvalue weighted by Crippen LogP contribution is 2.30. The maximum Gasteiger partial charge on any atom is 0.226 e. The molecule has 2 heterocycles. The lowest BCUT2D eigenvalue weighted by Gasteiger charge is -2.22. The minimum Gasteiger partial charge on any atom is -0.364 e. The normalized spacial score (nSPS) is 14.8. The molecule has 0 saturated carbocycles. The Bertz CT molecular complexity index is 598. The molecule has 1 aromatic carbocycles. The van der Waals surface area contributed by atoms with E-state index >= 15 is 0 Å². The van der Waals surface area contributed by atoms with Crippen molar-refractivity contribution >= 4 is 17.3 Å². The summed E-state index contributed by atoms with van der Waals surface area (Å²) in [6.07, 6.45) is 1.86. The van der Waals surface area contributed by atoms with Crippen molar-refractivity contribution in [1.29, 1.82) is 0 Å². The van der Waals surface area contributed by atoms with Crippen LogP contribution in [0.4, 0.5) is 15.8 Å². The number of carbonyl (C=O) groups is 1. The number of nitrogens with one attached hydrogen (secondary N) is 1. The van der Waals surface area contributed by atoms with Gasteiger partial charge in [0, 0.05) is 19.0 Å². The number of benzene rings is 1. The number of hydrogen-bond donors (Lipinski definition) is 1. The fourth-order valence-corrected chi connectivity index (χ4v) is 2.13. The lowest BCUT2D eigenvalue weighted by Crippen LogP contribution is -2.24. The summed E-state index contributed by atoms with van der Waals surface area (Å²) in [4.78, 5) is 13.6. The Balaban J connectivity index is 1.95. The second-order valence-corrected chi connectivity index (χ2v) is 4.37. The Hall–Kier alpha value is -2.37. The molecule has 0 spiro atoms. The van der Waals surface area contributed by atoms with E-state index in [1.165, 1.54) is 18.4 Å². The van der Waals surface area contributed by atoms with Gasteiger partial charge in [0.15, 0.2) is 0 Å². The number of rotatable bonds is 2. The van der Waals surface area contributed by atoms with Crippen molar-refractivity contribution in [2.75, 3.05) is 16.8 Å². The molecule has 3 rings (SSSR count). The van der Waals surface area contributed by atoms with Crippen LogP contribution >= 0.6 is 0 Å². The van der Waals surface area contributed by atoms with Crippen LogP contribution in [0, 0.1) is 5.82 Å². The molecule has 6 heteroatoms. The van der Waals surface area contributed by atoms with Gasteiger partial charge in [0.1, 0.15) is 17.8 Å². The Morgan fingerprint density at radius 1 is 1.42 bits per heavy atom. The van der Waals surface area contributed by atoms with Gasteiger partial charge in [-0.1, -0.05) is 5.16 Å². The van der Waals surface area contributed by atoms with Crippen LogP contribution in [0.15, 0.2) is 35.1 Å². The predicted molar refractivity (Wildman–Crippen MR) is 67.2 cm³/mol. The van der Waals surface area contributed by atoms with E-state index in [1.807, 2.05) is 4.90 Å². The number of nitrogens with zero attached hydrogens (tertiary/aromatic N) is 2. The molecule has 1 aliphatic heterocycles. The molecule has 0 saturated heterocycles. The summed E-state index contributed by atoms with van der Waals surface area (Å²) in [5, 5.41) is 6.56. The van der Waals surface area contributed by atoms with E-state index in [0.717, 1.165) is 11.4 Å². The second kappa shape index (κ2) is 4.72. The Labute approximate surface area is 109 Å². The largest absolute Gasteiger partial charge is 0.364 e. The van der Waals surface area contributed by atoms with E-state index in [0.29, 0.717) is 25.2 Å². The average Bonchev–Trinajstić information content (AvgIpc) is 2.82. The van der Waals surface area contributed by atoms with Gasteiger partial charge in [-0.05, 0) is 18.2 Å². The van der Waals surface area contributed by atoms with Gasteiger partial charge >= 0.3 is 0 Å². The SMILES string of the molecule is O=C1CCN(Cc2ccon2)c2ccc(F)cc2N1. The third-order valence-electron chi connectivity index (χ3n) is 3.03. The maximum absolute atomic E-state index is 13.3. The molecule has 1 aromatic heterocycles. The van der Waals surface area contributed by atoms with Gasteiger partial charge in [0.2, 0.25) is 5.91 Å². The second-order valence-electron chi connectivity index (χ2n) is 4.37. The summed E-state index contributed by atoms with van der Waals surface area (Å²) in [6.45, 7) is 1.07. The third-order valence-corrected chi connectivity index (χ3v) is 3.03. The first kappa shape index (κ1) is 11.7. The molecule has 0 radical (unpaired) electrons. The molecule has 0 fully saturated rings. The minimum atomic E-state index is -0.373. The van der Waals surface area contributed by atoms with E-state index in [9.17, 15) is 9.18 Å². The van der Waals surface area contributed by atoms with Crippen molar-refractivity contribution in [2.45, 2.75) is 13.0 Å². The lowest BCUT2D eigenvalue weighted by molar-refractivity contribution is -0.115. The molecule has 1 aliphatic rings. The van der Waals surface area contributed by atoms with E-state index in [4.69, 9.17) is 4.52 Å². The molecule has 19 heavy (non-hydrogen) atoms. The van der Waals surface area contributed by atoms with Crippen molar-refractivity contribution in [3.8, 4) is 0 Å². The summed E-state index contributed by atoms with van der Waals surface area (Å²) < 4.78 is 18.1. The molecule has 0 aliphatic carbocycles. The van der Waals surface area contributed by atoms with Gasteiger partial charge in [-0.3, -0.25) is 4.79 Å². The number of aromatic nitrogens is 1. The zero-order chi connectivity index (χ0) is 13.2. The zero-order valence-electron chi connectivity index (χ0n) is 10.1. The Morgan fingerprint density at radius 3 is 3.11 bits per heavy atom. The van der Waals surface area contributed by atoms with Gasteiger partial charge in [-0.25, -0.2) is 4.39 Å². The van der Waals surface area contributed by atoms with Crippen molar-refractivity contribution in [3.63, 3.8) is 0 Å². The maximum atomic E-state index is 13.3. The first-order chi connectivity index (χ1) is 9.22.